The molecule has 2 aromatic rings. The number of rotatable bonds is 6. The van der Waals surface area contributed by atoms with Crippen LogP contribution in [-0.4, -0.2) is 24.7 Å². The first-order valence-electron chi connectivity index (χ1n) is 6.47. The zero-order chi connectivity index (χ0) is 14.0. The van der Waals surface area contributed by atoms with Crippen LogP contribution >= 0.6 is 0 Å². The van der Waals surface area contributed by atoms with Gasteiger partial charge in [-0.25, -0.2) is 8.42 Å². The zero-order valence-corrected chi connectivity index (χ0v) is 11.7. The summed E-state index contributed by atoms with van der Waals surface area (Å²) >= 11 is 0. The van der Waals surface area contributed by atoms with Crippen molar-refractivity contribution < 1.29 is 8.42 Å². The van der Waals surface area contributed by atoms with Crippen LogP contribution < -0.4 is 10.0 Å². The maximum absolute atomic E-state index is 12.1. The van der Waals surface area contributed by atoms with Crippen LogP contribution in [-0.2, 0) is 16.6 Å². The van der Waals surface area contributed by atoms with E-state index in [1.165, 1.54) is 25.2 Å². The van der Waals surface area contributed by atoms with Crippen LogP contribution in [0.5, 0.6) is 0 Å². The minimum atomic E-state index is -3.55. The lowest BCUT2D eigenvalue weighted by molar-refractivity contribution is 0.601. The molecular formula is C13H16N4O2S. The summed E-state index contributed by atoms with van der Waals surface area (Å²) in [6, 6.07) is 7.54. The van der Waals surface area contributed by atoms with E-state index >= 15 is 0 Å². The minimum absolute atomic E-state index is 0.244. The van der Waals surface area contributed by atoms with Gasteiger partial charge in [0.15, 0.2) is 0 Å². The van der Waals surface area contributed by atoms with Gasteiger partial charge in [-0.15, -0.1) is 0 Å². The molecule has 0 atom stereocenters. The van der Waals surface area contributed by atoms with Crippen LogP contribution in [0.1, 0.15) is 18.4 Å². The molecule has 1 aliphatic rings. The summed E-state index contributed by atoms with van der Waals surface area (Å²) in [5.74, 6) is 0. The molecule has 3 N–H and O–H groups in total. The zero-order valence-electron chi connectivity index (χ0n) is 10.8. The van der Waals surface area contributed by atoms with Gasteiger partial charge in [0, 0.05) is 18.8 Å². The standard InChI is InChI=1S/C13H16N4O2S/c18-20(19,17-12-8-15-16-9-12)13-5-1-10(2-6-13)7-14-11-3-4-11/h1-2,5-6,8-9,11,14,17H,3-4,7H2,(H,15,16). The van der Waals surface area contributed by atoms with Crippen LogP contribution in [0.15, 0.2) is 41.6 Å². The predicted molar refractivity (Wildman–Crippen MR) is 75.7 cm³/mol. The number of H-pyrrole nitrogens is 1. The van der Waals surface area contributed by atoms with Crippen molar-refractivity contribution in [1.29, 1.82) is 0 Å². The maximum Gasteiger partial charge on any atom is 0.261 e. The van der Waals surface area contributed by atoms with Gasteiger partial charge in [-0.05, 0) is 30.5 Å². The van der Waals surface area contributed by atoms with Crippen LogP contribution in [0.4, 0.5) is 5.69 Å². The largest absolute Gasteiger partial charge is 0.310 e. The molecule has 1 aromatic heterocycles. The summed E-state index contributed by atoms with van der Waals surface area (Å²) in [6.07, 6.45) is 5.39. The van der Waals surface area contributed by atoms with E-state index in [1.54, 1.807) is 12.1 Å². The lowest BCUT2D eigenvalue weighted by Gasteiger charge is -2.07. The van der Waals surface area contributed by atoms with E-state index in [-0.39, 0.29) is 4.90 Å². The topological polar surface area (TPSA) is 86.9 Å². The second-order valence-corrected chi connectivity index (χ2v) is 6.57. The Hall–Kier alpha value is -1.86. The molecule has 3 rings (SSSR count). The quantitative estimate of drug-likeness (QED) is 0.752. The molecule has 0 unspecified atom stereocenters. The van der Waals surface area contributed by atoms with Gasteiger partial charge in [0.05, 0.1) is 16.8 Å². The van der Waals surface area contributed by atoms with Crippen molar-refractivity contribution in [2.45, 2.75) is 30.3 Å². The van der Waals surface area contributed by atoms with Crippen LogP contribution in [0.3, 0.4) is 0 Å². The highest BCUT2D eigenvalue weighted by molar-refractivity contribution is 7.92. The summed E-state index contributed by atoms with van der Waals surface area (Å²) in [6.45, 7) is 0.778. The van der Waals surface area contributed by atoms with Crippen LogP contribution in [0.25, 0.3) is 0 Å². The molecule has 1 heterocycles. The molecule has 7 heteroatoms. The minimum Gasteiger partial charge on any atom is -0.310 e. The maximum atomic E-state index is 12.1. The number of hydrogen-bond donors (Lipinski definition) is 3. The second kappa shape index (κ2) is 5.26. The molecule has 1 aromatic carbocycles. The van der Waals surface area contributed by atoms with Crippen LogP contribution in [0.2, 0.25) is 0 Å². The number of hydrogen-bond acceptors (Lipinski definition) is 4. The van der Waals surface area contributed by atoms with Gasteiger partial charge in [0.25, 0.3) is 10.0 Å². The Labute approximate surface area is 117 Å². The van der Waals surface area contributed by atoms with E-state index in [1.807, 2.05) is 12.1 Å². The number of aromatic nitrogens is 2. The molecule has 106 valence electrons. The Kier molecular flexibility index (Phi) is 3.45. The molecule has 0 amide bonds. The van der Waals surface area contributed by atoms with Gasteiger partial charge in [-0.2, -0.15) is 5.10 Å². The van der Waals surface area contributed by atoms with Crippen molar-refractivity contribution in [3.63, 3.8) is 0 Å². The first-order chi connectivity index (χ1) is 9.63. The number of aromatic amines is 1. The SMILES string of the molecule is O=S(=O)(Nc1cn[nH]c1)c1ccc(CNC2CC2)cc1. The highest BCUT2D eigenvalue weighted by atomic mass is 32.2. The Bertz CT molecular complexity index is 661. The highest BCUT2D eigenvalue weighted by Crippen LogP contribution is 2.20. The average molecular weight is 292 g/mol. The lowest BCUT2D eigenvalue weighted by atomic mass is 10.2. The molecule has 0 aliphatic heterocycles. The Morgan fingerprint density at radius 1 is 1.25 bits per heavy atom. The van der Waals surface area contributed by atoms with E-state index in [0.29, 0.717) is 11.7 Å². The third kappa shape index (κ3) is 3.17. The lowest BCUT2D eigenvalue weighted by Crippen LogP contribution is -2.16. The summed E-state index contributed by atoms with van der Waals surface area (Å²) in [5.41, 5.74) is 1.50. The van der Waals surface area contributed by atoms with E-state index in [4.69, 9.17) is 0 Å². The summed E-state index contributed by atoms with van der Waals surface area (Å²) in [5, 5.41) is 9.65. The first kappa shape index (κ1) is 13.1. The smallest absolute Gasteiger partial charge is 0.261 e. The fraction of sp³-hybridized carbons (Fsp3) is 0.308. The van der Waals surface area contributed by atoms with E-state index in [9.17, 15) is 8.42 Å². The van der Waals surface area contributed by atoms with Crippen LogP contribution in [0, 0.1) is 0 Å². The Morgan fingerprint density at radius 2 is 2.00 bits per heavy atom. The monoisotopic (exact) mass is 292 g/mol. The normalized spacial score (nSPS) is 15.2. The number of sulfonamides is 1. The molecule has 0 saturated heterocycles. The Morgan fingerprint density at radius 3 is 2.60 bits per heavy atom. The first-order valence-corrected chi connectivity index (χ1v) is 7.96. The number of nitrogens with one attached hydrogen (secondary N) is 3. The van der Waals surface area contributed by atoms with Crippen molar-refractivity contribution in [2.24, 2.45) is 0 Å². The number of nitrogens with zero attached hydrogens (tertiary/aromatic N) is 1. The molecule has 0 radical (unpaired) electrons. The molecular weight excluding hydrogens is 276 g/mol. The fourth-order valence-corrected chi connectivity index (χ4v) is 2.89. The second-order valence-electron chi connectivity index (χ2n) is 4.89. The van der Waals surface area contributed by atoms with E-state index < -0.39 is 10.0 Å². The highest BCUT2D eigenvalue weighted by Gasteiger charge is 2.20. The average Bonchev–Trinajstić information content (AvgIpc) is 3.14. The van der Waals surface area contributed by atoms with E-state index in [0.717, 1.165) is 12.1 Å². The summed E-state index contributed by atoms with van der Waals surface area (Å²) in [7, 11) is -3.55. The van der Waals surface area contributed by atoms with Gasteiger partial charge in [-0.3, -0.25) is 9.82 Å². The van der Waals surface area contributed by atoms with Gasteiger partial charge < -0.3 is 5.32 Å². The molecule has 1 aliphatic carbocycles. The molecule has 1 saturated carbocycles. The summed E-state index contributed by atoms with van der Waals surface area (Å²) in [4.78, 5) is 0.244. The molecule has 1 fully saturated rings. The van der Waals surface area contributed by atoms with E-state index in [2.05, 4.69) is 20.2 Å². The summed E-state index contributed by atoms with van der Waals surface area (Å²) < 4.78 is 26.7. The molecule has 20 heavy (non-hydrogen) atoms. The third-order valence-corrected chi connectivity index (χ3v) is 4.55. The molecule has 0 bridgehead atoms. The van der Waals surface area contributed by atoms with Gasteiger partial charge in [-0.1, -0.05) is 12.1 Å². The van der Waals surface area contributed by atoms with Gasteiger partial charge >= 0.3 is 0 Å². The van der Waals surface area contributed by atoms with Crippen molar-refractivity contribution in [3.8, 4) is 0 Å². The van der Waals surface area contributed by atoms with Crippen molar-refractivity contribution in [1.82, 2.24) is 15.5 Å². The van der Waals surface area contributed by atoms with Gasteiger partial charge in [0.2, 0.25) is 0 Å². The molecule has 0 spiro atoms. The molecule has 6 nitrogen and oxygen atoms in total. The Balaban J connectivity index is 1.69. The van der Waals surface area contributed by atoms with Crippen molar-refractivity contribution in [2.75, 3.05) is 4.72 Å². The fourth-order valence-electron chi connectivity index (χ4n) is 1.86. The third-order valence-electron chi connectivity index (χ3n) is 3.16. The number of anilines is 1. The number of benzene rings is 1. The van der Waals surface area contributed by atoms with Crippen molar-refractivity contribution >= 4 is 15.7 Å². The van der Waals surface area contributed by atoms with Crippen molar-refractivity contribution in [3.05, 3.63) is 42.2 Å². The predicted octanol–water partition coefficient (Wildman–Crippen LogP) is 1.46. The van der Waals surface area contributed by atoms with Gasteiger partial charge in [0.1, 0.15) is 0 Å².